The summed E-state index contributed by atoms with van der Waals surface area (Å²) >= 11 is 1.28. The second-order valence-electron chi connectivity index (χ2n) is 8.38. The van der Waals surface area contributed by atoms with Gasteiger partial charge in [0.25, 0.3) is 11.8 Å². The number of para-hydroxylation sites is 1. The van der Waals surface area contributed by atoms with E-state index in [0.717, 1.165) is 15.8 Å². The number of amides is 2. The third kappa shape index (κ3) is 4.48. The average molecular weight is 516 g/mol. The third-order valence-electron chi connectivity index (χ3n) is 6.32. The molecule has 1 aliphatic heterocycles. The predicted octanol–water partition coefficient (Wildman–Crippen LogP) is 5.54. The standard InChI is InChI=1S/C28H23N2O6S/c1-35-22-12-10-17(16-23(22)36-2)14-15-29-27(31)19-7-5-6-18-24(13-11-20(26(18)19)28(29)32)37-25-9-4-3-8-21(25)30(33)34/h3-13,16,33H,14-15H2,1-2H3/q-1. The molecule has 1 N–H and O–H groups in total. The summed E-state index contributed by atoms with van der Waals surface area (Å²) in [7, 11) is 3.12. The summed E-state index contributed by atoms with van der Waals surface area (Å²) in [5.41, 5.74) is 1.91. The Labute approximate surface area is 217 Å². The average Bonchev–Trinajstić information content (AvgIpc) is 2.92. The topological polar surface area (TPSA) is 102 Å². The highest BCUT2D eigenvalue weighted by molar-refractivity contribution is 7.99. The van der Waals surface area contributed by atoms with Crippen LogP contribution in [0.15, 0.2) is 82.6 Å². The third-order valence-corrected chi connectivity index (χ3v) is 7.46. The molecule has 0 aromatic heterocycles. The van der Waals surface area contributed by atoms with Crippen LogP contribution in [0.25, 0.3) is 10.8 Å². The van der Waals surface area contributed by atoms with E-state index < -0.39 is 0 Å². The van der Waals surface area contributed by atoms with Gasteiger partial charge in [-0.1, -0.05) is 42.1 Å². The maximum Gasteiger partial charge on any atom is 0.261 e. The molecule has 188 valence electrons. The molecule has 1 heterocycles. The maximum absolute atomic E-state index is 13.4. The van der Waals surface area contributed by atoms with Crippen LogP contribution in [0.1, 0.15) is 26.3 Å². The van der Waals surface area contributed by atoms with Crippen LogP contribution in [0.3, 0.4) is 0 Å². The smallest absolute Gasteiger partial charge is 0.261 e. The van der Waals surface area contributed by atoms with Gasteiger partial charge in [0.15, 0.2) is 11.5 Å². The molecule has 0 bridgehead atoms. The Morgan fingerprint density at radius 1 is 0.865 bits per heavy atom. The molecule has 0 spiro atoms. The van der Waals surface area contributed by atoms with Crippen molar-refractivity contribution in [3.05, 3.63) is 94.7 Å². The minimum atomic E-state index is -0.354. The van der Waals surface area contributed by atoms with Crippen molar-refractivity contribution >= 4 is 40.0 Å². The van der Waals surface area contributed by atoms with E-state index in [1.807, 2.05) is 18.2 Å². The lowest BCUT2D eigenvalue weighted by Gasteiger charge is -2.28. The first-order chi connectivity index (χ1) is 17.9. The van der Waals surface area contributed by atoms with Crippen molar-refractivity contribution in [3.8, 4) is 11.5 Å². The molecular formula is C28H23N2O6S-. The lowest BCUT2D eigenvalue weighted by Crippen LogP contribution is -2.41. The molecule has 1 aliphatic rings. The van der Waals surface area contributed by atoms with Gasteiger partial charge in [-0.2, -0.15) is 0 Å². The van der Waals surface area contributed by atoms with Gasteiger partial charge in [0, 0.05) is 32.8 Å². The van der Waals surface area contributed by atoms with E-state index in [9.17, 15) is 20.0 Å². The second-order valence-corrected chi connectivity index (χ2v) is 9.47. The van der Waals surface area contributed by atoms with Gasteiger partial charge in [-0.15, -0.1) is 0 Å². The van der Waals surface area contributed by atoms with E-state index in [4.69, 9.17) is 9.47 Å². The van der Waals surface area contributed by atoms with E-state index in [2.05, 4.69) is 0 Å². The second kappa shape index (κ2) is 10.1. The highest BCUT2D eigenvalue weighted by atomic mass is 32.2. The summed E-state index contributed by atoms with van der Waals surface area (Å²) in [6.45, 7) is 0.211. The van der Waals surface area contributed by atoms with E-state index in [1.165, 1.54) is 22.7 Å². The van der Waals surface area contributed by atoms with Crippen LogP contribution in [0, 0.1) is 5.21 Å². The maximum atomic E-state index is 13.4. The van der Waals surface area contributed by atoms with Crippen molar-refractivity contribution in [1.82, 2.24) is 4.90 Å². The highest BCUT2D eigenvalue weighted by Crippen LogP contribution is 2.41. The summed E-state index contributed by atoms with van der Waals surface area (Å²) in [4.78, 5) is 29.5. The van der Waals surface area contributed by atoms with Crippen LogP contribution in [-0.4, -0.2) is 42.7 Å². The number of nitrogens with zero attached hydrogens (tertiary/aromatic N) is 2. The Balaban J connectivity index is 1.46. The molecule has 37 heavy (non-hydrogen) atoms. The molecule has 0 atom stereocenters. The predicted molar refractivity (Wildman–Crippen MR) is 141 cm³/mol. The monoisotopic (exact) mass is 515 g/mol. The fourth-order valence-electron chi connectivity index (χ4n) is 4.51. The zero-order chi connectivity index (χ0) is 26.1. The number of rotatable bonds is 8. The van der Waals surface area contributed by atoms with E-state index in [-0.39, 0.29) is 29.3 Å². The molecule has 2 amide bonds. The van der Waals surface area contributed by atoms with Crippen LogP contribution >= 0.6 is 11.8 Å². The number of anilines is 1. The molecule has 9 heteroatoms. The largest absolute Gasteiger partial charge is 0.733 e. The van der Waals surface area contributed by atoms with Crippen LogP contribution in [0.5, 0.6) is 11.5 Å². The number of ether oxygens (including phenoxy) is 2. The summed E-state index contributed by atoms with van der Waals surface area (Å²) in [6, 6.07) is 21.0. The first-order valence-corrected chi connectivity index (χ1v) is 12.3. The van der Waals surface area contributed by atoms with Crippen molar-refractivity contribution < 1.29 is 24.3 Å². The van der Waals surface area contributed by atoms with Crippen molar-refractivity contribution in [1.29, 1.82) is 0 Å². The van der Waals surface area contributed by atoms with Crippen LogP contribution in [-0.2, 0) is 6.42 Å². The number of carbonyl (C=O) groups excluding carboxylic acids is 2. The van der Waals surface area contributed by atoms with E-state index in [1.54, 1.807) is 62.8 Å². The zero-order valence-electron chi connectivity index (χ0n) is 20.1. The van der Waals surface area contributed by atoms with Gasteiger partial charge in [0.1, 0.15) is 0 Å². The minimum absolute atomic E-state index is 0.112. The summed E-state index contributed by atoms with van der Waals surface area (Å²) in [5.74, 6) is 0.481. The van der Waals surface area contributed by atoms with Gasteiger partial charge in [-0.3, -0.25) is 19.7 Å². The number of imide groups is 1. The van der Waals surface area contributed by atoms with Gasteiger partial charge < -0.3 is 19.9 Å². The zero-order valence-corrected chi connectivity index (χ0v) is 21.0. The SMILES string of the molecule is COc1ccc(CCN2C(=O)c3cccc4c(Sc5ccccc5N([O-])O)ccc(c34)C2=O)cc1OC. The Hall–Kier alpha value is -4.05. The van der Waals surface area contributed by atoms with Crippen LogP contribution < -0.4 is 14.7 Å². The molecular weight excluding hydrogens is 492 g/mol. The lowest BCUT2D eigenvalue weighted by atomic mass is 9.93. The number of carbonyl (C=O) groups is 2. The van der Waals surface area contributed by atoms with Crippen molar-refractivity contribution in [2.24, 2.45) is 0 Å². The fourth-order valence-corrected chi connectivity index (χ4v) is 5.56. The van der Waals surface area contributed by atoms with Crippen molar-refractivity contribution in [2.45, 2.75) is 16.2 Å². The number of benzene rings is 4. The molecule has 5 rings (SSSR count). The normalized spacial score (nSPS) is 12.7. The van der Waals surface area contributed by atoms with Gasteiger partial charge >= 0.3 is 0 Å². The Morgan fingerprint density at radius 2 is 1.59 bits per heavy atom. The molecule has 0 unspecified atom stereocenters. The summed E-state index contributed by atoms with van der Waals surface area (Å²) in [6.07, 6.45) is 0.459. The molecule has 0 fully saturated rings. The van der Waals surface area contributed by atoms with Crippen LogP contribution in [0.2, 0.25) is 0 Å². The first-order valence-electron chi connectivity index (χ1n) is 11.5. The Morgan fingerprint density at radius 3 is 2.32 bits per heavy atom. The van der Waals surface area contributed by atoms with Crippen LogP contribution in [0.4, 0.5) is 5.69 Å². The molecule has 0 saturated heterocycles. The quantitative estimate of drug-likeness (QED) is 0.241. The van der Waals surface area contributed by atoms with E-state index >= 15 is 0 Å². The summed E-state index contributed by atoms with van der Waals surface area (Å²) < 4.78 is 10.6. The lowest BCUT2D eigenvalue weighted by molar-refractivity contribution is 0.0612. The molecule has 0 radical (unpaired) electrons. The number of hydrogen-bond donors (Lipinski definition) is 1. The van der Waals surface area contributed by atoms with Gasteiger partial charge in [0.05, 0.1) is 19.9 Å². The van der Waals surface area contributed by atoms with Crippen molar-refractivity contribution in [3.63, 3.8) is 0 Å². The molecule has 8 nitrogen and oxygen atoms in total. The minimum Gasteiger partial charge on any atom is -0.733 e. The molecule has 0 saturated carbocycles. The first kappa shape index (κ1) is 24.6. The Kier molecular flexibility index (Phi) is 6.75. The van der Waals surface area contributed by atoms with Crippen molar-refractivity contribution in [2.75, 3.05) is 26.0 Å². The highest BCUT2D eigenvalue weighted by Gasteiger charge is 2.33. The van der Waals surface area contributed by atoms with E-state index in [0.29, 0.717) is 39.3 Å². The van der Waals surface area contributed by atoms with Gasteiger partial charge in [-0.05, 0) is 59.8 Å². The molecule has 4 aromatic rings. The molecule has 4 aromatic carbocycles. The summed E-state index contributed by atoms with van der Waals surface area (Å²) in [5, 5.41) is 22.2. The molecule has 0 aliphatic carbocycles. The number of methoxy groups -OCH3 is 2. The fraction of sp³-hybridized carbons (Fsp3) is 0.143. The Bertz CT molecular complexity index is 1500. The van der Waals surface area contributed by atoms with Gasteiger partial charge in [-0.25, -0.2) is 0 Å². The number of hydrogen-bond acceptors (Lipinski definition) is 8. The van der Waals surface area contributed by atoms with Gasteiger partial charge in [0.2, 0.25) is 0 Å².